The monoisotopic (exact) mass is 353 g/mol. The number of benzene rings is 1. The summed E-state index contributed by atoms with van der Waals surface area (Å²) in [5, 5.41) is 0.129. The van der Waals surface area contributed by atoms with E-state index in [1.165, 1.54) is 24.1 Å². The second-order valence-corrected chi connectivity index (χ2v) is 7.68. The second-order valence-electron chi connectivity index (χ2n) is 6.61. The number of hydrogen-bond donors (Lipinski definition) is 0. The maximum atomic E-state index is 12.3. The zero-order valence-corrected chi connectivity index (χ0v) is 15.1. The van der Waals surface area contributed by atoms with Gasteiger partial charge in [-0.2, -0.15) is 0 Å². The van der Waals surface area contributed by atoms with E-state index < -0.39 is 0 Å². The molecular weight excluding hydrogens is 330 g/mol. The van der Waals surface area contributed by atoms with Gasteiger partial charge < -0.3 is 9.80 Å². The quantitative estimate of drug-likeness (QED) is 0.824. The Bertz CT molecular complexity index is 713. The van der Waals surface area contributed by atoms with Crippen LogP contribution in [0.2, 0.25) is 0 Å². The van der Waals surface area contributed by atoms with Gasteiger partial charge in [-0.15, -0.1) is 11.8 Å². The normalized spacial score (nSPS) is 20.5. The van der Waals surface area contributed by atoms with Gasteiger partial charge in [0.05, 0.1) is 5.75 Å². The van der Waals surface area contributed by atoms with Crippen molar-refractivity contribution in [3.8, 4) is 0 Å². The summed E-state index contributed by atoms with van der Waals surface area (Å²) < 4.78 is 0. The summed E-state index contributed by atoms with van der Waals surface area (Å²) in [4.78, 5) is 21.1. The average molecular weight is 353 g/mol. The van der Waals surface area contributed by atoms with Crippen LogP contribution < -0.4 is 4.90 Å². The number of aromatic nitrogens is 1. The van der Waals surface area contributed by atoms with Crippen molar-refractivity contribution in [3.63, 3.8) is 0 Å². The molecule has 2 saturated heterocycles. The van der Waals surface area contributed by atoms with Gasteiger partial charge in [-0.3, -0.25) is 9.78 Å². The van der Waals surface area contributed by atoms with Gasteiger partial charge in [0.1, 0.15) is 5.37 Å². The standard InChI is InChI=1S/C20H23N3OS/c24-19-15-25-20(23(19)14-10-17-5-1-2-11-21-17)16-6-8-18(9-7-16)22-12-3-4-13-22/h1-2,5-9,11,20H,3-4,10,12-15H2. The van der Waals surface area contributed by atoms with E-state index in [0.717, 1.165) is 31.7 Å². The Labute approximate surface area is 153 Å². The maximum absolute atomic E-state index is 12.3. The summed E-state index contributed by atoms with van der Waals surface area (Å²) >= 11 is 1.73. The summed E-state index contributed by atoms with van der Waals surface area (Å²) in [7, 11) is 0. The Morgan fingerprint density at radius 1 is 1.08 bits per heavy atom. The Kier molecular flexibility index (Phi) is 4.92. The lowest BCUT2D eigenvalue weighted by molar-refractivity contribution is -0.128. The van der Waals surface area contributed by atoms with Crippen LogP contribution in [0.5, 0.6) is 0 Å². The maximum Gasteiger partial charge on any atom is 0.233 e. The van der Waals surface area contributed by atoms with Gasteiger partial charge in [0, 0.05) is 43.6 Å². The molecule has 0 aliphatic carbocycles. The van der Waals surface area contributed by atoms with Crippen molar-refractivity contribution in [2.75, 3.05) is 30.3 Å². The lowest BCUT2D eigenvalue weighted by Crippen LogP contribution is -2.30. The molecule has 2 aliphatic heterocycles. The molecule has 1 unspecified atom stereocenters. The van der Waals surface area contributed by atoms with Crippen LogP contribution in [0.3, 0.4) is 0 Å². The zero-order chi connectivity index (χ0) is 17.1. The molecular formula is C20H23N3OS. The molecule has 25 heavy (non-hydrogen) atoms. The third-order valence-electron chi connectivity index (χ3n) is 4.95. The molecule has 2 fully saturated rings. The number of carbonyl (C=O) groups excluding carboxylic acids is 1. The predicted molar refractivity (Wildman–Crippen MR) is 103 cm³/mol. The number of carbonyl (C=O) groups is 1. The van der Waals surface area contributed by atoms with E-state index in [-0.39, 0.29) is 11.3 Å². The smallest absolute Gasteiger partial charge is 0.233 e. The molecule has 0 spiro atoms. The molecule has 1 aromatic heterocycles. The molecule has 0 bridgehead atoms. The van der Waals surface area contributed by atoms with E-state index >= 15 is 0 Å². The molecule has 4 rings (SSSR count). The third kappa shape index (κ3) is 3.66. The largest absolute Gasteiger partial charge is 0.372 e. The highest BCUT2D eigenvalue weighted by atomic mass is 32.2. The van der Waals surface area contributed by atoms with Crippen molar-refractivity contribution in [1.29, 1.82) is 0 Å². The van der Waals surface area contributed by atoms with Crippen LogP contribution in [-0.4, -0.2) is 41.2 Å². The highest BCUT2D eigenvalue weighted by Crippen LogP contribution is 2.39. The average Bonchev–Trinajstić information content (AvgIpc) is 3.31. The highest BCUT2D eigenvalue weighted by Gasteiger charge is 2.32. The minimum Gasteiger partial charge on any atom is -0.372 e. The van der Waals surface area contributed by atoms with Gasteiger partial charge >= 0.3 is 0 Å². The SMILES string of the molecule is O=C1CSC(c2ccc(N3CCCC3)cc2)N1CCc1ccccn1. The summed E-state index contributed by atoms with van der Waals surface area (Å²) in [6, 6.07) is 14.7. The Morgan fingerprint density at radius 2 is 1.88 bits per heavy atom. The van der Waals surface area contributed by atoms with Crippen LogP contribution in [0, 0.1) is 0 Å². The minimum absolute atomic E-state index is 0.129. The fourth-order valence-corrected chi connectivity index (χ4v) is 4.80. The highest BCUT2D eigenvalue weighted by molar-refractivity contribution is 8.00. The first-order valence-corrected chi connectivity index (χ1v) is 10.0. The van der Waals surface area contributed by atoms with Crippen molar-refractivity contribution in [3.05, 3.63) is 59.9 Å². The first-order chi connectivity index (χ1) is 12.3. The summed E-state index contributed by atoms with van der Waals surface area (Å²) in [5.41, 5.74) is 3.56. The van der Waals surface area contributed by atoms with Crippen molar-refractivity contribution in [1.82, 2.24) is 9.88 Å². The minimum atomic E-state index is 0.129. The lowest BCUT2D eigenvalue weighted by atomic mass is 10.1. The molecule has 2 aromatic rings. The van der Waals surface area contributed by atoms with Crippen LogP contribution in [0.4, 0.5) is 5.69 Å². The zero-order valence-electron chi connectivity index (χ0n) is 14.3. The van der Waals surface area contributed by atoms with Gasteiger partial charge in [-0.05, 0) is 42.7 Å². The van der Waals surface area contributed by atoms with Crippen molar-refractivity contribution >= 4 is 23.4 Å². The van der Waals surface area contributed by atoms with Crippen LogP contribution in [-0.2, 0) is 11.2 Å². The topological polar surface area (TPSA) is 36.4 Å². The Hall–Kier alpha value is -2.01. The lowest BCUT2D eigenvalue weighted by Gasteiger charge is -2.25. The number of anilines is 1. The first kappa shape index (κ1) is 16.5. The number of pyridine rings is 1. The molecule has 0 radical (unpaired) electrons. The molecule has 0 N–H and O–H groups in total. The summed E-state index contributed by atoms with van der Waals surface area (Å²) in [6.45, 7) is 3.04. The molecule has 5 heteroatoms. The second kappa shape index (κ2) is 7.48. The van der Waals surface area contributed by atoms with E-state index in [1.807, 2.05) is 29.3 Å². The van der Waals surface area contributed by atoms with E-state index in [4.69, 9.17) is 0 Å². The molecule has 130 valence electrons. The Morgan fingerprint density at radius 3 is 2.60 bits per heavy atom. The molecule has 1 aromatic carbocycles. The van der Waals surface area contributed by atoms with Crippen LogP contribution >= 0.6 is 11.8 Å². The molecule has 0 saturated carbocycles. The van der Waals surface area contributed by atoms with E-state index in [9.17, 15) is 4.79 Å². The van der Waals surface area contributed by atoms with Crippen molar-refractivity contribution < 1.29 is 4.79 Å². The molecule has 1 amide bonds. The number of nitrogens with zero attached hydrogens (tertiary/aromatic N) is 3. The number of amides is 1. The number of thioether (sulfide) groups is 1. The van der Waals surface area contributed by atoms with Crippen molar-refractivity contribution in [2.45, 2.75) is 24.6 Å². The van der Waals surface area contributed by atoms with E-state index in [0.29, 0.717) is 5.75 Å². The van der Waals surface area contributed by atoms with Gasteiger partial charge in [0.25, 0.3) is 0 Å². The third-order valence-corrected chi connectivity index (χ3v) is 6.21. The molecule has 4 nitrogen and oxygen atoms in total. The molecule has 2 aliphatic rings. The van der Waals surface area contributed by atoms with Crippen molar-refractivity contribution in [2.24, 2.45) is 0 Å². The van der Waals surface area contributed by atoms with Crippen LogP contribution in [0.25, 0.3) is 0 Å². The summed E-state index contributed by atoms with van der Waals surface area (Å²) in [6.07, 6.45) is 5.19. The fraction of sp³-hybridized carbons (Fsp3) is 0.400. The van der Waals surface area contributed by atoms with Gasteiger partial charge in [0.15, 0.2) is 0 Å². The molecule has 1 atom stereocenters. The number of rotatable bonds is 5. The van der Waals surface area contributed by atoms with Crippen LogP contribution in [0.15, 0.2) is 48.7 Å². The summed E-state index contributed by atoms with van der Waals surface area (Å²) in [5.74, 6) is 0.801. The van der Waals surface area contributed by atoms with E-state index in [2.05, 4.69) is 34.1 Å². The number of hydrogen-bond acceptors (Lipinski definition) is 4. The predicted octanol–water partition coefficient (Wildman–Crippen LogP) is 3.50. The fourth-order valence-electron chi connectivity index (χ4n) is 3.58. The Balaban J connectivity index is 1.45. The van der Waals surface area contributed by atoms with Gasteiger partial charge in [0.2, 0.25) is 5.91 Å². The van der Waals surface area contributed by atoms with Gasteiger partial charge in [-0.25, -0.2) is 0 Å². The van der Waals surface area contributed by atoms with Gasteiger partial charge in [-0.1, -0.05) is 18.2 Å². The first-order valence-electron chi connectivity index (χ1n) is 8.97. The molecule has 3 heterocycles. The van der Waals surface area contributed by atoms with Crippen LogP contribution in [0.1, 0.15) is 29.5 Å². The van der Waals surface area contributed by atoms with E-state index in [1.54, 1.807) is 11.8 Å².